The lowest BCUT2D eigenvalue weighted by molar-refractivity contribution is 0.0771. The minimum atomic E-state index is -0.135. The van der Waals surface area contributed by atoms with E-state index in [1.807, 2.05) is 42.5 Å². The Morgan fingerprint density at radius 3 is 2.50 bits per heavy atom. The molecule has 0 fully saturated rings. The Labute approximate surface area is 183 Å². The highest BCUT2D eigenvalue weighted by atomic mass is 16.5. The third-order valence-corrected chi connectivity index (χ3v) is 5.17. The summed E-state index contributed by atoms with van der Waals surface area (Å²) in [5.41, 5.74) is 3.34. The topological polar surface area (TPSA) is 97.9 Å². The van der Waals surface area contributed by atoms with E-state index >= 15 is 0 Å². The number of carbonyl (C=O) groups excluding carboxylic acids is 1. The summed E-state index contributed by atoms with van der Waals surface area (Å²) in [6, 6.07) is 17.1. The number of carbonyl (C=O) groups is 1. The minimum Gasteiger partial charge on any atom is -0.337 e. The number of nitrogens with zero attached hydrogens (tertiary/aromatic N) is 6. The van der Waals surface area contributed by atoms with Crippen molar-refractivity contribution in [2.75, 3.05) is 7.05 Å². The quantitative estimate of drug-likeness (QED) is 0.422. The molecule has 5 aromatic rings. The highest BCUT2D eigenvalue weighted by Gasteiger charge is 2.19. The van der Waals surface area contributed by atoms with Gasteiger partial charge in [0, 0.05) is 36.1 Å². The fourth-order valence-corrected chi connectivity index (χ4v) is 3.62. The lowest BCUT2D eigenvalue weighted by atomic mass is 9.96. The second-order valence-electron chi connectivity index (χ2n) is 7.25. The Morgan fingerprint density at radius 2 is 1.69 bits per heavy atom. The van der Waals surface area contributed by atoms with Gasteiger partial charge in [0.1, 0.15) is 0 Å². The third kappa shape index (κ3) is 3.69. The smallest absolute Gasteiger partial charge is 0.254 e. The van der Waals surface area contributed by atoms with Gasteiger partial charge in [-0.2, -0.15) is 15.2 Å². The van der Waals surface area contributed by atoms with Gasteiger partial charge in [-0.05, 0) is 40.6 Å². The van der Waals surface area contributed by atoms with Crippen LogP contribution in [0.5, 0.6) is 0 Å². The Morgan fingerprint density at radius 1 is 0.906 bits per heavy atom. The monoisotopic (exact) mass is 422 g/mol. The maximum absolute atomic E-state index is 13.3. The van der Waals surface area contributed by atoms with E-state index in [-0.39, 0.29) is 12.5 Å². The Balaban J connectivity index is 1.43. The van der Waals surface area contributed by atoms with Crippen LogP contribution < -0.4 is 0 Å². The van der Waals surface area contributed by atoms with Gasteiger partial charge >= 0.3 is 0 Å². The van der Waals surface area contributed by atoms with Crippen LogP contribution >= 0.6 is 0 Å². The molecule has 2 aromatic carbocycles. The predicted octanol–water partition coefficient (Wildman–Crippen LogP) is 4.01. The lowest BCUT2D eigenvalue weighted by Gasteiger charge is -2.17. The Kier molecular flexibility index (Phi) is 5.09. The minimum absolute atomic E-state index is 0.135. The normalized spacial score (nSPS) is 10.9. The molecule has 8 nitrogen and oxygen atoms in total. The van der Waals surface area contributed by atoms with Crippen LogP contribution in [-0.2, 0) is 6.54 Å². The SMILES string of the molecule is CN(Cc1nc(-c2ccncc2)no1)C(=O)c1cccc2c(-c3ccnnc3)cccc12. The summed E-state index contributed by atoms with van der Waals surface area (Å²) in [5, 5.41) is 13.7. The zero-order chi connectivity index (χ0) is 21.9. The van der Waals surface area contributed by atoms with Gasteiger partial charge in [-0.3, -0.25) is 9.78 Å². The Hall–Kier alpha value is -4.46. The summed E-state index contributed by atoms with van der Waals surface area (Å²) in [6.45, 7) is 0.196. The van der Waals surface area contributed by atoms with Crippen LogP contribution in [0.1, 0.15) is 16.2 Å². The first-order valence-electron chi connectivity index (χ1n) is 9.98. The molecule has 0 bridgehead atoms. The second-order valence-corrected chi connectivity index (χ2v) is 7.25. The molecular weight excluding hydrogens is 404 g/mol. The molecule has 8 heteroatoms. The Bertz CT molecular complexity index is 1390. The van der Waals surface area contributed by atoms with Crippen LogP contribution in [0.2, 0.25) is 0 Å². The van der Waals surface area contributed by atoms with Gasteiger partial charge in [-0.15, -0.1) is 0 Å². The number of hydrogen-bond donors (Lipinski definition) is 0. The number of hydrogen-bond acceptors (Lipinski definition) is 7. The van der Waals surface area contributed by atoms with Gasteiger partial charge in [-0.25, -0.2) is 0 Å². The number of rotatable bonds is 5. The third-order valence-electron chi connectivity index (χ3n) is 5.17. The van der Waals surface area contributed by atoms with Crippen molar-refractivity contribution >= 4 is 16.7 Å². The second kappa shape index (κ2) is 8.35. The van der Waals surface area contributed by atoms with Crippen molar-refractivity contribution in [2.24, 2.45) is 0 Å². The molecule has 0 aliphatic heterocycles. The van der Waals surface area contributed by atoms with Crippen LogP contribution in [0.4, 0.5) is 0 Å². The number of benzene rings is 2. The number of pyridine rings is 1. The highest BCUT2D eigenvalue weighted by Crippen LogP contribution is 2.30. The van der Waals surface area contributed by atoms with Gasteiger partial charge in [-0.1, -0.05) is 35.5 Å². The van der Waals surface area contributed by atoms with Gasteiger partial charge in [0.2, 0.25) is 11.7 Å². The molecule has 0 atom stereocenters. The molecule has 0 aliphatic rings. The maximum atomic E-state index is 13.3. The summed E-state index contributed by atoms with van der Waals surface area (Å²) >= 11 is 0. The molecule has 32 heavy (non-hydrogen) atoms. The number of fused-ring (bicyclic) bond motifs is 1. The highest BCUT2D eigenvalue weighted by molar-refractivity contribution is 6.10. The first kappa shape index (κ1) is 19.5. The molecule has 0 aliphatic carbocycles. The first-order chi connectivity index (χ1) is 15.7. The van der Waals surface area contributed by atoms with Crippen LogP contribution in [0, 0.1) is 0 Å². The number of aromatic nitrogens is 5. The molecule has 156 valence electrons. The fourth-order valence-electron chi connectivity index (χ4n) is 3.62. The molecular formula is C24H18N6O2. The molecule has 5 rings (SSSR count). The molecule has 0 spiro atoms. The molecule has 1 amide bonds. The molecule has 3 heterocycles. The van der Waals surface area contributed by atoms with Gasteiger partial charge in [0.05, 0.1) is 18.9 Å². The van der Waals surface area contributed by atoms with E-state index in [0.717, 1.165) is 27.5 Å². The van der Waals surface area contributed by atoms with E-state index in [4.69, 9.17) is 4.52 Å². The van der Waals surface area contributed by atoms with Gasteiger partial charge in [0.25, 0.3) is 5.91 Å². The average Bonchev–Trinajstić information content (AvgIpc) is 3.32. The summed E-state index contributed by atoms with van der Waals surface area (Å²) in [6.07, 6.45) is 6.70. The number of amides is 1. The van der Waals surface area contributed by atoms with Crippen LogP contribution in [0.3, 0.4) is 0 Å². The molecule has 3 aromatic heterocycles. The molecule has 0 saturated carbocycles. The molecule has 0 radical (unpaired) electrons. The predicted molar refractivity (Wildman–Crippen MR) is 118 cm³/mol. The van der Waals surface area contributed by atoms with Gasteiger partial charge in [0.15, 0.2) is 0 Å². The summed E-state index contributed by atoms with van der Waals surface area (Å²) < 4.78 is 5.35. The zero-order valence-electron chi connectivity index (χ0n) is 17.2. The molecule has 0 N–H and O–H groups in total. The van der Waals surface area contributed by atoms with Crippen molar-refractivity contribution in [3.63, 3.8) is 0 Å². The standard InChI is InChI=1S/C24H18N6O2/c1-30(15-22-28-23(29-32-22)16-8-11-25-12-9-16)24(31)21-7-3-5-19-18(4-2-6-20(19)21)17-10-13-26-27-14-17/h2-14H,15H2,1H3. The summed E-state index contributed by atoms with van der Waals surface area (Å²) in [7, 11) is 1.72. The van der Waals surface area contributed by atoms with Crippen molar-refractivity contribution in [1.29, 1.82) is 0 Å². The molecule has 0 unspecified atom stereocenters. The van der Waals surface area contributed by atoms with Crippen LogP contribution in [0.25, 0.3) is 33.3 Å². The van der Waals surface area contributed by atoms with Crippen molar-refractivity contribution in [3.05, 3.63) is 90.8 Å². The maximum Gasteiger partial charge on any atom is 0.254 e. The zero-order valence-corrected chi connectivity index (χ0v) is 17.2. The van der Waals surface area contributed by atoms with E-state index in [0.29, 0.717) is 17.3 Å². The van der Waals surface area contributed by atoms with Crippen molar-refractivity contribution in [2.45, 2.75) is 6.54 Å². The van der Waals surface area contributed by atoms with E-state index in [2.05, 4.69) is 25.3 Å². The van der Waals surface area contributed by atoms with Gasteiger partial charge < -0.3 is 9.42 Å². The van der Waals surface area contributed by atoms with Crippen LogP contribution in [-0.4, -0.2) is 43.2 Å². The van der Waals surface area contributed by atoms with Crippen molar-refractivity contribution in [1.82, 2.24) is 30.2 Å². The average molecular weight is 422 g/mol. The fraction of sp³-hybridized carbons (Fsp3) is 0.0833. The van der Waals surface area contributed by atoms with Crippen molar-refractivity contribution < 1.29 is 9.32 Å². The summed E-state index contributed by atoms with van der Waals surface area (Å²) in [5.74, 6) is 0.685. The van der Waals surface area contributed by atoms with E-state index < -0.39 is 0 Å². The lowest BCUT2D eigenvalue weighted by Crippen LogP contribution is -2.26. The van der Waals surface area contributed by atoms with Crippen molar-refractivity contribution in [3.8, 4) is 22.5 Å². The largest absolute Gasteiger partial charge is 0.337 e. The van der Waals surface area contributed by atoms with E-state index in [1.54, 1.807) is 48.9 Å². The van der Waals surface area contributed by atoms with Crippen LogP contribution in [0.15, 0.2) is 83.9 Å². The van der Waals surface area contributed by atoms with E-state index in [9.17, 15) is 4.79 Å². The molecule has 0 saturated heterocycles. The summed E-state index contributed by atoms with van der Waals surface area (Å²) in [4.78, 5) is 23.2. The first-order valence-corrected chi connectivity index (χ1v) is 9.98. The van der Waals surface area contributed by atoms with E-state index in [1.165, 1.54) is 0 Å².